The molecular weight excluding hydrogens is 345 g/mol. The molecule has 1 amide bonds. The van der Waals surface area contributed by atoms with E-state index in [2.05, 4.69) is 32.3 Å². The van der Waals surface area contributed by atoms with Crippen LogP contribution in [0.25, 0.3) is 0 Å². The summed E-state index contributed by atoms with van der Waals surface area (Å²) in [6.07, 6.45) is 1.15. The predicted molar refractivity (Wildman–Crippen MR) is 76.8 cm³/mol. The highest BCUT2D eigenvalue weighted by Gasteiger charge is 2.07. The van der Waals surface area contributed by atoms with Crippen LogP contribution >= 0.6 is 22.6 Å². The van der Waals surface area contributed by atoms with E-state index < -0.39 is 5.63 Å². The molecule has 1 aromatic carbocycles. The molecule has 0 radical (unpaired) electrons. The summed E-state index contributed by atoms with van der Waals surface area (Å²) in [5.41, 5.74) is 1.70. The van der Waals surface area contributed by atoms with Crippen molar-refractivity contribution in [3.8, 4) is 0 Å². The normalized spacial score (nSPS) is 10.1. The maximum Gasteiger partial charge on any atom is 0.335 e. The number of halogens is 1. The fraction of sp³-hybridized carbons (Fsp3) is 0.0769. The number of hydrogen-bond donors (Lipinski definition) is 1. The van der Waals surface area contributed by atoms with Gasteiger partial charge in [0.2, 0.25) is 0 Å². The first kappa shape index (κ1) is 12.8. The first-order valence-electron chi connectivity index (χ1n) is 5.22. The molecule has 0 spiro atoms. The first-order valence-corrected chi connectivity index (χ1v) is 6.30. The van der Waals surface area contributed by atoms with Crippen LogP contribution < -0.4 is 10.9 Å². The van der Waals surface area contributed by atoms with Gasteiger partial charge < -0.3 is 9.73 Å². The van der Waals surface area contributed by atoms with Gasteiger partial charge in [0.05, 0.1) is 5.56 Å². The molecular formula is C13H10INO3. The summed E-state index contributed by atoms with van der Waals surface area (Å²) in [4.78, 5) is 22.6. The molecule has 1 heterocycles. The zero-order valence-electron chi connectivity index (χ0n) is 9.57. The minimum atomic E-state index is -0.476. The van der Waals surface area contributed by atoms with Gasteiger partial charge in [-0.3, -0.25) is 4.79 Å². The predicted octanol–water partition coefficient (Wildman–Crippen LogP) is 2.81. The van der Waals surface area contributed by atoms with Crippen molar-refractivity contribution in [3.63, 3.8) is 0 Å². The van der Waals surface area contributed by atoms with Crippen molar-refractivity contribution in [2.24, 2.45) is 0 Å². The number of anilines is 1. The summed E-state index contributed by atoms with van der Waals surface area (Å²) in [6.45, 7) is 2.00. The molecule has 0 aliphatic rings. The third-order valence-electron chi connectivity index (χ3n) is 2.39. The van der Waals surface area contributed by atoms with Gasteiger partial charge in [0, 0.05) is 15.3 Å². The number of nitrogens with one attached hydrogen (secondary N) is 1. The number of rotatable bonds is 2. The second-order valence-corrected chi connectivity index (χ2v) is 4.92. The number of amides is 1. The molecule has 2 rings (SSSR count). The Morgan fingerprint density at radius 3 is 2.67 bits per heavy atom. The molecule has 2 aromatic rings. The number of carbonyl (C=O) groups is 1. The van der Waals surface area contributed by atoms with Gasteiger partial charge in [-0.25, -0.2) is 4.79 Å². The first-order chi connectivity index (χ1) is 8.56. The summed E-state index contributed by atoms with van der Waals surface area (Å²) >= 11 is 2.20. The van der Waals surface area contributed by atoms with Gasteiger partial charge in [-0.15, -0.1) is 0 Å². The highest BCUT2D eigenvalue weighted by atomic mass is 127. The fourth-order valence-electron chi connectivity index (χ4n) is 1.36. The molecule has 5 heteroatoms. The Morgan fingerprint density at radius 2 is 2.06 bits per heavy atom. The highest BCUT2D eigenvalue weighted by molar-refractivity contribution is 14.1. The van der Waals surface area contributed by atoms with Gasteiger partial charge >= 0.3 is 5.63 Å². The Morgan fingerprint density at radius 1 is 1.28 bits per heavy atom. The number of benzene rings is 1. The molecule has 1 aromatic heterocycles. The van der Waals surface area contributed by atoms with Crippen molar-refractivity contribution in [1.82, 2.24) is 0 Å². The molecule has 4 nitrogen and oxygen atoms in total. The second-order valence-electron chi connectivity index (χ2n) is 3.76. The summed E-state index contributed by atoms with van der Waals surface area (Å²) in [5.74, 6) is -0.307. The highest BCUT2D eigenvalue weighted by Crippen LogP contribution is 2.17. The van der Waals surface area contributed by atoms with Gasteiger partial charge in [0.15, 0.2) is 0 Å². The molecule has 0 atom stereocenters. The second kappa shape index (κ2) is 5.34. The minimum Gasteiger partial charge on any atom is -0.430 e. The van der Waals surface area contributed by atoms with Crippen LogP contribution in [0, 0.1) is 10.5 Å². The average molecular weight is 355 g/mol. The van der Waals surface area contributed by atoms with Crippen LogP contribution in [-0.4, -0.2) is 5.91 Å². The van der Waals surface area contributed by atoms with E-state index in [1.165, 1.54) is 12.1 Å². The molecule has 0 saturated heterocycles. The Labute approximate surface area is 117 Å². The lowest BCUT2D eigenvalue weighted by atomic mass is 10.2. The lowest BCUT2D eigenvalue weighted by molar-refractivity contribution is 0.102. The minimum absolute atomic E-state index is 0.307. The van der Waals surface area contributed by atoms with Crippen molar-refractivity contribution in [3.05, 3.63) is 61.7 Å². The standard InChI is InChI=1S/C13H10INO3/c1-8-2-4-10(6-11(8)14)15-13(17)9-3-5-12(16)18-7-9/h2-7H,1H3,(H,15,17). The largest absolute Gasteiger partial charge is 0.430 e. The number of hydrogen-bond acceptors (Lipinski definition) is 3. The van der Waals surface area contributed by atoms with Crippen molar-refractivity contribution >= 4 is 34.2 Å². The summed E-state index contributed by atoms with van der Waals surface area (Å²) in [6, 6.07) is 8.29. The van der Waals surface area contributed by atoms with E-state index >= 15 is 0 Å². The molecule has 0 bridgehead atoms. The van der Waals surface area contributed by atoms with Gasteiger partial charge in [0.1, 0.15) is 6.26 Å². The summed E-state index contributed by atoms with van der Waals surface area (Å²) in [7, 11) is 0. The monoisotopic (exact) mass is 355 g/mol. The molecule has 1 N–H and O–H groups in total. The van der Waals surface area contributed by atoms with Gasteiger partial charge in [-0.05, 0) is 53.3 Å². The van der Waals surface area contributed by atoms with Crippen LogP contribution in [0.2, 0.25) is 0 Å². The van der Waals surface area contributed by atoms with E-state index in [1.807, 2.05) is 25.1 Å². The van der Waals surface area contributed by atoms with Crippen molar-refractivity contribution in [1.29, 1.82) is 0 Å². The van der Waals surface area contributed by atoms with E-state index in [0.29, 0.717) is 11.3 Å². The molecule has 92 valence electrons. The Hall–Kier alpha value is -1.63. The van der Waals surface area contributed by atoms with Crippen LogP contribution in [0.15, 0.2) is 45.8 Å². The van der Waals surface area contributed by atoms with Crippen LogP contribution in [0.5, 0.6) is 0 Å². The number of carbonyl (C=O) groups excluding carboxylic acids is 1. The zero-order chi connectivity index (χ0) is 13.1. The van der Waals surface area contributed by atoms with Crippen molar-refractivity contribution in [2.75, 3.05) is 5.32 Å². The fourth-order valence-corrected chi connectivity index (χ4v) is 1.88. The van der Waals surface area contributed by atoms with Gasteiger partial charge in [0.25, 0.3) is 5.91 Å². The van der Waals surface area contributed by atoms with E-state index in [4.69, 9.17) is 0 Å². The zero-order valence-corrected chi connectivity index (χ0v) is 11.7. The van der Waals surface area contributed by atoms with Crippen molar-refractivity contribution < 1.29 is 9.21 Å². The quantitative estimate of drug-likeness (QED) is 0.843. The van der Waals surface area contributed by atoms with Crippen LogP contribution in [0.1, 0.15) is 15.9 Å². The lowest BCUT2D eigenvalue weighted by Gasteiger charge is -2.06. The smallest absolute Gasteiger partial charge is 0.335 e. The Bertz CT molecular complexity index is 628. The average Bonchev–Trinajstić information content (AvgIpc) is 2.34. The van der Waals surface area contributed by atoms with E-state index in [9.17, 15) is 9.59 Å². The van der Waals surface area contributed by atoms with E-state index in [1.54, 1.807) is 0 Å². The topological polar surface area (TPSA) is 59.3 Å². The maximum atomic E-state index is 11.8. The van der Waals surface area contributed by atoms with Gasteiger partial charge in [-0.2, -0.15) is 0 Å². The van der Waals surface area contributed by atoms with E-state index in [-0.39, 0.29) is 5.91 Å². The summed E-state index contributed by atoms with van der Waals surface area (Å²) < 4.78 is 5.72. The van der Waals surface area contributed by atoms with Gasteiger partial charge in [-0.1, -0.05) is 6.07 Å². The maximum absolute atomic E-state index is 11.8. The molecule has 0 fully saturated rings. The molecule has 0 unspecified atom stereocenters. The Kier molecular flexibility index (Phi) is 3.81. The third-order valence-corrected chi connectivity index (χ3v) is 3.56. The lowest BCUT2D eigenvalue weighted by Crippen LogP contribution is -2.13. The number of aryl methyl sites for hydroxylation is 1. The Balaban J connectivity index is 2.18. The summed E-state index contributed by atoms with van der Waals surface area (Å²) in [5, 5.41) is 2.74. The SMILES string of the molecule is Cc1ccc(NC(=O)c2ccc(=O)oc2)cc1I. The third kappa shape index (κ3) is 2.98. The van der Waals surface area contributed by atoms with Crippen LogP contribution in [0.3, 0.4) is 0 Å². The molecule has 0 saturated carbocycles. The van der Waals surface area contributed by atoms with Crippen LogP contribution in [-0.2, 0) is 0 Å². The molecule has 0 aliphatic carbocycles. The van der Waals surface area contributed by atoms with E-state index in [0.717, 1.165) is 15.4 Å². The molecule has 0 aliphatic heterocycles. The molecule has 18 heavy (non-hydrogen) atoms. The van der Waals surface area contributed by atoms with Crippen molar-refractivity contribution in [2.45, 2.75) is 6.92 Å². The van der Waals surface area contributed by atoms with Crippen LogP contribution in [0.4, 0.5) is 5.69 Å².